The number of nitrogens with one attached hydrogen (secondary N) is 1. The molecule has 1 aromatic carbocycles. The molecule has 1 fully saturated rings. The van der Waals surface area contributed by atoms with E-state index in [1.807, 2.05) is 12.1 Å². The van der Waals surface area contributed by atoms with Gasteiger partial charge >= 0.3 is 0 Å². The third-order valence-electron chi connectivity index (χ3n) is 3.39. The van der Waals surface area contributed by atoms with Crippen LogP contribution in [0.25, 0.3) is 0 Å². The maximum Gasteiger partial charge on any atom is 0.181 e. The third-order valence-corrected chi connectivity index (χ3v) is 5.88. The van der Waals surface area contributed by atoms with E-state index in [0.717, 1.165) is 29.5 Å². The molecule has 0 amide bonds. The maximum absolute atomic E-state index is 12.2. The minimum atomic E-state index is -3.14. The van der Waals surface area contributed by atoms with Gasteiger partial charge in [-0.2, -0.15) is 0 Å². The molecule has 1 aliphatic carbocycles. The van der Waals surface area contributed by atoms with E-state index in [1.165, 1.54) is 0 Å². The first-order chi connectivity index (χ1) is 7.51. The standard InChI is InChI=1S/C11H12BrNO2S/c12-8-1-2-9-10(5-8)16(14,15)7-11(3-4-11)6-13-9/h1-2,5,13H,3-4,6-7H2. The Balaban J connectivity index is 2.15. The summed E-state index contributed by atoms with van der Waals surface area (Å²) in [6.45, 7) is 0.779. The lowest BCUT2D eigenvalue weighted by molar-refractivity contribution is 0.562. The number of benzene rings is 1. The number of hydrogen-bond donors (Lipinski definition) is 1. The maximum atomic E-state index is 12.2. The molecule has 0 aromatic heterocycles. The lowest BCUT2D eigenvalue weighted by Gasteiger charge is -2.09. The molecule has 0 unspecified atom stereocenters. The van der Waals surface area contributed by atoms with Gasteiger partial charge in [0.1, 0.15) is 0 Å². The number of halogens is 1. The zero-order valence-electron chi connectivity index (χ0n) is 8.66. The fourth-order valence-corrected chi connectivity index (χ4v) is 4.86. The zero-order chi connectivity index (χ0) is 11.4. The Bertz CT molecular complexity index is 549. The van der Waals surface area contributed by atoms with Gasteiger partial charge in [0, 0.05) is 16.4 Å². The van der Waals surface area contributed by atoms with E-state index in [9.17, 15) is 8.42 Å². The van der Waals surface area contributed by atoms with Crippen LogP contribution in [0, 0.1) is 5.41 Å². The number of anilines is 1. The summed E-state index contributed by atoms with van der Waals surface area (Å²) in [6.07, 6.45) is 2.04. The molecule has 0 radical (unpaired) electrons. The largest absolute Gasteiger partial charge is 0.383 e. The van der Waals surface area contributed by atoms with Gasteiger partial charge in [0.25, 0.3) is 0 Å². The molecule has 0 bridgehead atoms. The first kappa shape index (κ1) is 10.6. The topological polar surface area (TPSA) is 46.2 Å². The normalized spacial score (nSPS) is 24.3. The Morgan fingerprint density at radius 2 is 2.06 bits per heavy atom. The number of rotatable bonds is 0. The quantitative estimate of drug-likeness (QED) is 0.800. The van der Waals surface area contributed by atoms with Crippen LogP contribution in [0.15, 0.2) is 27.6 Å². The van der Waals surface area contributed by atoms with E-state index in [2.05, 4.69) is 21.2 Å². The summed E-state index contributed by atoms with van der Waals surface area (Å²) in [6, 6.07) is 5.39. The minimum absolute atomic E-state index is 0.00430. The molecule has 1 N–H and O–H groups in total. The minimum Gasteiger partial charge on any atom is -0.383 e. The first-order valence-corrected chi connectivity index (χ1v) is 7.72. The van der Waals surface area contributed by atoms with E-state index >= 15 is 0 Å². The van der Waals surface area contributed by atoms with Crippen LogP contribution in [-0.4, -0.2) is 20.7 Å². The lowest BCUT2D eigenvalue weighted by atomic mass is 10.1. The molecule has 0 atom stereocenters. The van der Waals surface area contributed by atoms with Crippen molar-refractivity contribution in [2.45, 2.75) is 17.7 Å². The van der Waals surface area contributed by atoms with Gasteiger partial charge in [0.15, 0.2) is 9.84 Å². The van der Waals surface area contributed by atoms with Crippen LogP contribution in [-0.2, 0) is 9.84 Å². The highest BCUT2D eigenvalue weighted by Crippen LogP contribution is 2.49. The van der Waals surface area contributed by atoms with Crippen LogP contribution in [0.3, 0.4) is 0 Å². The van der Waals surface area contributed by atoms with Gasteiger partial charge in [-0.25, -0.2) is 8.42 Å². The number of hydrogen-bond acceptors (Lipinski definition) is 3. The van der Waals surface area contributed by atoms with Gasteiger partial charge in [-0.1, -0.05) is 15.9 Å². The van der Waals surface area contributed by atoms with Crippen molar-refractivity contribution in [3.05, 3.63) is 22.7 Å². The van der Waals surface area contributed by atoms with E-state index < -0.39 is 9.84 Å². The van der Waals surface area contributed by atoms with Gasteiger partial charge < -0.3 is 5.32 Å². The summed E-state index contributed by atoms with van der Waals surface area (Å²) in [5.41, 5.74) is 0.747. The molecular formula is C11H12BrNO2S. The lowest BCUT2D eigenvalue weighted by Crippen LogP contribution is -2.20. The van der Waals surface area contributed by atoms with Crippen LogP contribution in [0.2, 0.25) is 0 Å². The summed E-state index contributed by atoms with van der Waals surface area (Å²) in [5.74, 6) is 0.288. The summed E-state index contributed by atoms with van der Waals surface area (Å²) in [4.78, 5) is 0.436. The fourth-order valence-electron chi connectivity index (χ4n) is 2.21. The Morgan fingerprint density at radius 3 is 2.75 bits per heavy atom. The van der Waals surface area contributed by atoms with Crippen LogP contribution < -0.4 is 5.32 Å². The Morgan fingerprint density at radius 1 is 1.31 bits per heavy atom. The Labute approximate surface area is 103 Å². The number of sulfone groups is 1. The first-order valence-electron chi connectivity index (χ1n) is 5.27. The molecule has 1 saturated carbocycles. The van der Waals surface area contributed by atoms with Crippen molar-refractivity contribution in [2.24, 2.45) is 5.41 Å². The van der Waals surface area contributed by atoms with Crippen molar-refractivity contribution in [1.82, 2.24) is 0 Å². The molecule has 0 saturated heterocycles. The molecule has 1 spiro atoms. The van der Waals surface area contributed by atoms with E-state index in [0.29, 0.717) is 4.90 Å². The molecule has 86 valence electrons. The van der Waals surface area contributed by atoms with Gasteiger partial charge in [-0.3, -0.25) is 0 Å². The molecule has 1 aliphatic heterocycles. The van der Waals surface area contributed by atoms with Crippen LogP contribution in [0.1, 0.15) is 12.8 Å². The number of fused-ring (bicyclic) bond motifs is 1. The highest BCUT2D eigenvalue weighted by molar-refractivity contribution is 9.10. The van der Waals surface area contributed by atoms with Crippen LogP contribution in [0.5, 0.6) is 0 Å². The fraction of sp³-hybridized carbons (Fsp3) is 0.455. The molecular weight excluding hydrogens is 290 g/mol. The van der Waals surface area contributed by atoms with Crippen LogP contribution >= 0.6 is 15.9 Å². The molecule has 3 rings (SSSR count). The average molecular weight is 302 g/mol. The van der Waals surface area contributed by atoms with E-state index in [-0.39, 0.29) is 11.2 Å². The van der Waals surface area contributed by atoms with Crippen molar-refractivity contribution in [1.29, 1.82) is 0 Å². The van der Waals surface area contributed by atoms with Crippen molar-refractivity contribution < 1.29 is 8.42 Å². The van der Waals surface area contributed by atoms with Gasteiger partial charge in [0.2, 0.25) is 0 Å². The van der Waals surface area contributed by atoms with E-state index in [1.54, 1.807) is 6.07 Å². The summed E-state index contributed by atoms with van der Waals surface area (Å²) in [7, 11) is -3.14. The predicted octanol–water partition coefficient (Wildman–Crippen LogP) is 2.43. The molecule has 2 aliphatic rings. The Kier molecular flexibility index (Phi) is 2.14. The van der Waals surface area contributed by atoms with Crippen molar-refractivity contribution in [3.8, 4) is 0 Å². The second-order valence-corrected chi connectivity index (χ2v) is 7.63. The van der Waals surface area contributed by atoms with Crippen molar-refractivity contribution in [3.63, 3.8) is 0 Å². The molecule has 3 nitrogen and oxygen atoms in total. The van der Waals surface area contributed by atoms with Gasteiger partial charge in [0.05, 0.1) is 16.3 Å². The predicted molar refractivity (Wildman–Crippen MR) is 66.4 cm³/mol. The Hall–Kier alpha value is -0.550. The highest BCUT2D eigenvalue weighted by atomic mass is 79.9. The van der Waals surface area contributed by atoms with Crippen LogP contribution in [0.4, 0.5) is 5.69 Å². The third kappa shape index (κ3) is 1.66. The summed E-state index contributed by atoms with van der Waals surface area (Å²) in [5, 5.41) is 3.26. The molecule has 1 heterocycles. The second kappa shape index (κ2) is 3.23. The SMILES string of the molecule is O=S1(=O)CC2(CC2)CNc2ccc(Br)cc21. The van der Waals surface area contributed by atoms with E-state index in [4.69, 9.17) is 0 Å². The monoisotopic (exact) mass is 301 g/mol. The second-order valence-electron chi connectivity index (χ2n) is 4.75. The van der Waals surface area contributed by atoms with Gasteiger partial charge in [-0.15, -0.1) is 0 Å². The average Bonchev–Trinajstić information content (AvgIpc) is 2.96. The molecule has 5 heteroatoms. The van der Waals surface area contributed by atoms with Crippen molar-refractivity contribution >= 4 is 31.5 Å². The molecule has 16 heavy (non-hydrogen) atoms. The highest BCUT2D eigenvalue weighted by Gasteiger charge is 2.48. The molecule has 1 aromatic rings. The summed E-state index contributed by atoms with van der Waals surface area (Å²) >= 11 is 3.32. The smallest absolute Gasteiger partial charge is 0.181 e. The zero-order valence-corrected chi connectivity index (χ0v) is 11.1. The van der Waals surface area contributed by atoms with Gasteiger partial charge in [-0.05, 0) is 31.0 Å². The summed E-state index contributed by atoms with van der Waals surface area (Å²) < 4.78 is 25.3. The van der Waals surface area contributed by atoms with Crippen molar-refractivity contribution in [2.75, 3.05) is 17.6 Å².